The predicted molar refractivity (Wildman–Crippen MR) is 152 cm³/mol. The molecule has 5 N–H and O–H groups in total. The summed E-state index contributed by atoms with van der Waals surface area (Å²) in [5, 5.41) is 26.3. The number of hydrogen-bond acceptors (Lipinski definition) is 5. The highest BCUT2D eigenvalue weighted by Crippen LogP contribution is 2.44. The summed E-state index contributed by atoms with van der Waals surface area (Å²) in [4.78, 5) is 23.3. The van der Waals surface area contributed by atoms with Gasteiger partial charge >= 0.3 is 0 Å². The molecule has 1 amide bonds. The monoisotopic (exact) mass is 526 g/mol. The van der Waals surface area contributed by atoms with E-state index < -0.39 is 8.32 Å². The van der Waals surface area contributed by atoms with Gasteiger partial charge in [-0.1, -0.05) is 44.2 Å². The molecule has 6 nitrogen and oxygen atoms in total. The maximum atomic E-state index is 12.3. The molecule has 1 aliphatic rings. The summed E-state index contributed by atoms with van der Waals surface area (Å²) in [6.45, 7) is 10.9. The lowest BCUT2D eigenvalue weighted by Crippen LogP contribution is -2.41. The van der Waals surface area contributed by atoms with Crippen molar-refractivity contribution in [1.82, 2.24) is 10.6 Å². The van der Waals surface area contributed by atoms with Crippen LogP contribution in [0.15, 0.2) is 42.5 Å². The van der Waals surface area contributed by atoms with Crippen molar-refractivity contribution in [3.8, 4) is 5.75 Å². The van der Waals surface area contributed by atoms with Crippen LogP contribution in [0.3, 0.4) is 0 Å². The van der Waals surface area contributed by atoms with Crippen LogP contribution in [0, 0.1) is 0 Å². The molecule has 204 valence electrons. The van der Waals surface area contributed by atoms with Gasteiger partial charge in [-0.2, -0.15) is 0 Å². The Kier molecular flexibility index (Phi) is 9.97. The van der Waals surface area contributed by atoms with E-state index in [9.17, 15) is 19.8 Å². The molecule has 0 bridgehead atoms. The van der Waals surface area contributed by atoms with E-state index in [2.05, 4.69) is 43.5 Å². The predicted octanol–water partition coefficient (Wildman–Crippen LogP) is 4.77. The van der Waals surface area contributed by atoms with Crippen LogP contribution in [0.4, 0.5) is 0 Å². The van der Waals surface area contributed by atoms with Crippen molar-refractivity contribution in [1.29, 1.82) is 0 Å². The van der Waals surface area contributed by atoms with Crippen LogP contribution in [-0.2, 0) is 24.2 Å². The Morgan fingerprint density at radius 3 is 2.46 bits per heavy atom. The Morgan fingerprint density at radius 2 is 1.84 bits per heavy atom. The SMILES string of the molecule is C[C@H](Cc1cccc(CC(=O)NC2CCC2)c1)NC[C@H](CC(C)(C)[Si](C)(C)O)c1ccc(O)c(CO)c1. The number of benzene rings is 2. The quantitative estimate of drug-likeness (QED) is 0.242. The molecule has 2 aromatic carbocycles. The molecule has 0 aliphatic heterocycles. The Hall–Kier alpha value is -2.19. The van der Waals surface area contributed by atoms with Gasteiger partial charge in [0.25, 0.3) is 0 Å². The fourth-order valence-corrected chi connectivity index (χ4v) is 5.56. The molecule has 0 unspecified atom stereocenters. The first-order valence-electron chi connectivity index (χ1n) is 13.6. The van der Waals surface area contributed by atoms with Gasteiger partial charge in [0.2, 0.25) is 5.91 Å². The molecule has 1 saturated carbocycles. The van der Waals surface area contributed by atoms with E-state index in [0.29, 0.717) is 24.6 Å². The molecule has 2 atom stereocenters. The van der Waals surface area contributed by atoms with Crippen molar-refractivity contribution in [3.05, 3.63) is 64.7 Å². The average molecular weight is 527 g/mol. The van der Waals surface area contributed by atoms with Gasteiger partial charge in [0.1, 0.15) is 5.75 Å². The first-order valence-corrected chi connectivity index (χ1v) is 16.6. The zero-order valence-electron chi connectivity index (χ0n) is 23.2. The number of nitrogens with one attached hydrogen (secondary N) is 2. The van der Waals surface area contributed by atoms with Crippen LogP contribution in [0.2, 0.25) is 18.1 Å². The molecule has 2 aromatic rings. The number of carbonyl (C=O) groups excluding carboxylic acids is 1. The van der Waals surface area contributed by atoms with Crippen LogP contribution in [0.5, 0.6) is 5.75 Å². The minimum atomic E-state index is -2.42. The van der Waals surface area contributed by atoms with E-state index in [4.69, 9.17) is 0 Å². The van der Waals surface area contributed by atoms with Crippen molar-refractivity contribution in [2.75, 3.05) is 6.54 Å². The molecule has 37 heavy (non-hydrogen) atoms. The molecular weight excluding hydrogens is 480 g/mol. The number of amides is 1. The number of phenols is 1. The van der Waals surface area contributed by atoms with Crippen LogP contribution < -0.4 is 10.6 Å². The van der Waals surface area contributed by atoms with E-state index in [1.54, 1.807) is 6.07 Å². The van der Waals surface area contributed by atoms with Crippen molar-refractivity contribution >= 4 is 14.2 Å². The minimum Gasteiger partial charge on any atom is -0.508 e. The van der Waals surface area contributed by atoms with Crippen molar-refractivity contribution in [2.45, 2.75) is 102 Å². The summed E-state index contributed by atoms with van der Waals surface area (Å²) in [5.74, 6) is 0.317. The van der Waals surface area contributed by atoms with Gasteiger partial charge in [-0.15, -0.1) is 0 Å². The van der Waals surface area contributed by atoms with Crippen LogP contribution in [-0.4, -0.2) is 47.9 Å². The van der Waals surface area contributed by atoms with E-state index in [-0.39, 0.29) is 35.3 Å². The van der Waals surface area contributed by atoms with Crippen LogP contribution in [0.25, 0.3) is 0 Å². The van der Waals surface area contributed by atoms with Crippen LogP contribution in [0.1, 0.15) is 74.6 Å². The third-order valence-corrected chi connectivity index (χ3v) is 11.8. The van der Waals surface area contributed by atoms with Gasteiger partial charge in [0.05, 0.1) is 13.0 Å². The zero-order valence-corrected chi connectivity index (χ0v) is 24.2. The Morgan fingerprint density at radius 1 is 1.14 bits per heavy atom. The lowest BCUT2D eigenvalue weighted by molar-refractivity contribution is -0.121. The second-order valence-electron chi connectivity index (χ2n) is 12.1. The standard InChI is InChI=1S/C30H46N2O4Si/c1-21(14-22-8-6-9-23(15-22)16-29(35)32-27-10-7-11-27)31-19-26(18-30(2,3)37(4,5)36)24-12-13-28(34)25(17-24)20-33/h6,8-9,12-13,15,17,21,26-27,31,33-34,36H,7,10-11,14,16,18-20H2,1-5H3,(H,32,35)/t21-,26+/m1/s1. The highest BCUT2D eigenvalue weighted by atomic mass is 28.4. The fourth-order valence-electron chi connectivity index (χ4n) is 4.81. The summed E-state index contributed by atoms with van der Waals surface area (Å²) in [6.07, 6.45) is 5.44. The third kappa shape index (κ3) is 8.40. The van der Waals surface area contributed by atoms with E-state index in [0.717, 1.165) is 36.8 Å². The molecule has 1 fully saturated rings. The van der Waals surface area contributed by atoms with Gasteiger partial charge in [-0.25, -0.2) is 0 Å². The molecule has 0 saturated heterocycles. The summed E-state index contributed by atoms with van der Waals surface area (Å²) >= 11 is 0. The average Bonchev–Trinajstić information content (AvgIpc) is 2.79. The first-order chi connectivity index (χ1) is 17.4. The summed E-state index contributed by atoms with van der Waals surface area (Å²) in [6, 6.07) is 14.3. The maximum absolute atomic E-state index is 12.3. The third-order valence-electron chi connectivity index (χ3n) is 8.24. The van der Waals surface area contributed by atoms with Gasteiger partial charge in [0, 0.05) is 24.2 Å². The van der Waals surface area contributed by atoms with Crippen LogP contribution >= 0.6 is 0 Å². The van der Waals surface area contributed by atoms with Gasteiger partial charge in [-0.3, -0.25) is 4.79 Å². The lowest BCUT2D eigenvalue weighted by atomic mass is 9.88. The molecule has 0 spiro atoms. The molecule has 0 heterocycles. The summed E-state index contributed by atoms with van der Waals surface area (Å²) < 4.78 is 0. The van der Waals surface area contributed by atoms with Crippen molar-refractivity contribution in [3.63, 3.8) is 0 Å². The lowest BCUT2D eigenvalue weighted by Gasteiger charge is -2.38. The Balaban J connectivity index is 1.65. The number of carbonyl (C=O) groups is 1. The maximum Gasteiger partial charge on any atom is 0.224 e. The minimum absolute atomic E-state index is 0.101. The van der Waals surface area contributed by atoms with Gasteiger partial charge in [-0.05, 0) is 91.9 Å². The van der Waals surface area contributed by atoms with E-state index >= 15 is 0 Å². The number of hydrogen-bond donors (Lipinski definition) is 5. The van der Waals surface area contributed by atoms with E-state index in [1.165, 1.54) is 12.0 Å². The Labute approximate surface area is 223 Å². The summed E-state index contributed by atoms with van der Waals surface area (Å²) in [5.41, 5.74) is 3.80. The van der Waals surface area contributed by atoms with Crippen molar-refractivity contribution < 1.29 is 19.8 Å². The molecule has 1 aliphatic carbocycles. The smallest absolute Gasteiger partial charge is 0.224 e. The van der Waals surface area contributed by atoms with Gasteiger partial charge < -0.3 is 25.6 Å². The first kappa shape index (κ1) is 29.4. The zero-order chi connectivity index (χ0) is 27.2. The topological polar surface area (TPSA) is 102 Å². The number of aliphatic hydroxyl groups is 1. The van der Waals surface area contributed by atoms with Gasteiger partial charge in [0.15, 0.2) is 8.32 Å². The fraction of sp³-hybridized carbons (Fsp3) is 0.567. The number of rotatable bonds is 13. The molecule has 3 rings (SSSR count). The second-order valence-corrected chi connectivity index (χ2v) is 16.6. The molecule has 0 aromatic heterocycles. The molecule has 0 radical (unpaired) electrons. The highest BCUT2D eigenvalue weighted by molar-refractivity contribution is 6.72. The summed E-state index contributed by atoms with van der Waals surface area (Å²) in [7, 11) is -2.42. The molecule has 7 heteroatoms. The Bertz CT molecular complexity index is 1050. The number of aromatic hydroxyl groups is 1. The number of aliphatic hydroxyl groups excluding tert-OH is 1. The second kappa shape index (κ2) is 12.6. The highest BCUT2D eigenvalue weighted by Gasteiger charge is 2.40. The largest absolute Gasteiger partial charge is 0.508 e. The van der Waals surface area contributed by atoms with E-state index in [1.807, 2.05) is 37.4 Å². The molecular formula is C30H46N2O4Si. The van der Waals surface area contributed by atoms with Crippen molar-refractivity contribution in [2.24, 2.45) is 0 Å². The normalized spacial score (nSPS) is 16.2.